The fraction of sp³-hybridized carbons (Fsp3) is 0.130. The largest absolute Gasteiger partial charge is 0.490 e. The number of hydrazone groups is 1. The lowest BCUT2D eigenvalue weighted by atomic mass is 10.1. The number of hydrogen-bond donors (Lipinski definition) is 2. The number of aromatic carboxylic acids is 1. The van der Waals surface area contributed by atoms with Crippen LogP contribution in [0.15, 0.2) is 59.8 Å². The molecule has 0 radical (unpaired) electrons. The highest BCUT2D eigenvalue weighted by Crippen LogP contribution is 2.34. The molecule has 0 aliphatic carbocycles. The highest BCUT2D eigenvalue weighted by Gasteiger charge is 2.13. The summed E-state index contributed by atoms with van der Waals surface area (Å²) in [6, 6.07) is 13.3. The summed E-state index contributed by atoms with van der Waals surface area (Å²) in [5.41, 5.74) is 4.23. The molecule has 1 heterocycles. The maximum Gasteiger partial charge on any atom is 0.335 e. The number of aromatic nitrogens is 1. The Bertz CT molecular complexity index is 1200. The summed E-state index contributed by atoms with van der Waals surface area (Å²) in [6.07, 6.45) is 2.97. The molecule has 0 saturated carbocycles. The minimum absolute atomic E-state index is 0.0915. The number of benzene rings is 2. The van der Waals surface area contributed by atoms with Gasteiger partial charge in [-0.2, -0.15) is 5.10 Å². The van der Waals surface area contributed by atoms with Gasteiger partial charge < -0.3 is 14.6 Å². The fourth-order valence-electron chi connectivity index (χ4n) is 2.80. The van der Waals surface area contributed by atoms with Gasteiger partial charge in [0.1, 0.15) is 11.8 Å². The molecule has 1 amide bonds. The highest BCUT2D eigenvalue weighted by atomic mass is 127. The van der Waals surface area contributed by atoms with Crippen LogP contribution in [0.2, 0.25) is 5.15 Å². The number of carboxylic acids is 1. The quantitative estimate of drug-likeness (QED) is 0.163. The number of amides is 1. The number of nitrogens with one attached hydrogen (secondary N) is 1. The first kappa shape index (κ1) is 24.5. The van der Waals surface area contributed by atoms with E-state index in [2.05, 4.69) is 38.1 Å². The molecule has 3 rings (SSSR count). The first-order valence-corrected chi connectivity index (χ1v) is 11.2. The number of carbonyl (C=O) groups excluding carboxylic acids is 1. The average molecular weight is 580 g/mol. The lowest BCUT2D eigenvalue weighted by Gasteiger charge is -2.15. The van der Waals surface area contributed by atoms with Crippen molar-refractivity contribution in [3.8, 4) is 11.5 Å². The molecule has 0 aliphatic heterocycles. The van der Waals surface area contributed by atoms with Crippen LogP contribution < -0.4 is 14.9 Å². The summed E-state index contributed by atoms with van der Waals surface area (Å²) in [4.78, 5) is 27.2. The number of nitrogens with zero attached hydrogens (tertiary/aromatic N) is 2. The van der Waals surface area contributed by atoms with Crippen molar-refractivity contribution in [3.05, 3.63) is 85.7 Å². The number of rotatable bonds is 9. The van der Waals surface area contributed by atoms with Crippen molar-refractivity contribution < 1.29 is 24.2 Å². The van der Waals surface area contributed by atoms with E-state index in [9.17, 15) is 9.59 Å². The van der Waals surface area contributed by atoms with Crippen molar-refractivity contribution in [2.45, 2.75) is 13.5 Å². The molecule has 3 aromatic rings. The van der Waals surface area contributed by atoms with Crippen LogP contribution in [0.25, 0.3) is 0 Å². The number of carboxylic acid groups (broad SMARTS) is 1. The molecule has 0 saturated heterocycles. The molecular weight excluding hydrogens is 561 g/mol. The third-order valence-corrected chi connectivity index (χ3v) is 5.37. The predicted molar refractivity (Wildman–Crippen MR) is 132 cm³/mol. The molecule has 8 nitrogen and oxygen atoms in total. The Morgan fingerprint density at radius 1 is 1.21 bits per heavy atom. The summed E-state index contributed by atoms with van der Waals surface area (Å²) in [7, 11) is 0. The minimum Gasteiger partial charge on any atom is -0.490 e. The molecule has 0 fully saturated rings. The summed E-state index contributed by atoms with van der Waals surface area (Å²) < 4.78 is 12.4. The summed E-state index contributed by atoms with van der Waals surface area (Å²) in [5.74, 6) is -0.445. The van der Waals surface area contributed by atoms with Crippen LogP contribution in [0.3, 0.4) is 0 Å². The van der Waals surface area contributed by atoms with Crippen molar-refractivity contribution in [1.82, 2.24) is 10.4 Å². The number of hydrogen-bond acceptors (Lipinski definition) is 6. The molecular formula is C23H19ClIN3O5. The van der Waals surface area contributed by atoms with Gasteiger partial charge in [-0.15, -0.1) is 0 Å². The van der Waals surface area contributed by atoms with Crippen LogP contribution in [0.1, 0.15) is 38.8 Å². The second-order valence-electron chi connectivity index (χ2n) is 6.60. The monoisotopic (exact) mass is 579 g/mol. The van der Waals surface area contributed by atoms with E-state index >= 15 is 0 Å². The lowest BCUT2D eigenvalue weighted by molar-refractivity contribution is 0.0696. The van der Waals surface area contributed by atoms with Crippen molar-refractivity contribution in [3.63, 3.8) is 0 Å². The summed E-state index contributed by atoms with van der Waals surface area (Å²) >= 11 is 8.04. The molecule has 0 unspecified atom stereocenters. The Morgan fingerprint density at radius 3 is 2.76 bits per heavy atom. The van der Waals surface area contributed by atoms with Gasteiger partial charge in [-0.25, -0.2) is 15.2 Å². The number of carbonyl (C=O) groups is 2. The lowest BCUT2D eigenvalue weighted by Crippen LogP contribution is -2.18. The van der Waals surface area contributed by atoms with E-state index in [1.54, 1.807) is 36.4 Å². The van der Waals surface area contributed by atoms with E-state index in [1.807, 2.05) is 13.0 Å². The van der Waals surface area contributed by atoms with Gasteiger partial charge in [-0.05, 0) is 77.0 Å². The summed E-state index contributed by atoms with van der Waals surface area (Å²) in [6.45, 7) is 2.44. The molecule has 0 aliphatic rings. The Kier molecular flexibility index (Phi) is 8.61. The number of ether oxygens (including phenoxy) is 2. The minimum atomic E-state index is -0.997. The van der Waals surface area contributed by atoms with Crippen molar-refractivity contribution in [1.29, 1.82) is 0 Å². The summed E-state index contributed by atoms with van der Waals surface area (Å²) in [5, 5.41) is 13.2. The number of halogens is 2. The van der Waals surface area contributed by atoms with Gasteiger partial charge in [0.15, 0.2) is 11.5 Å². The average Bonchev–Trinajstić information content (AvgIpc) is 2.79. The zero-order chi connectivity index (χ0) is 23.8. The van der Waals surface area contributed by atoms with E-state index in [1.165, 1.54) is 18.5 Å². The van der Waals surface area contributed by atoms with Crippen LogP contribution in [-0.2, 0) is 6.61 Å². The molecule has 33 heavy (non-hydrogen) atoms. The van der Waals surface area contributed by atoms with Crippen LogP contribution in [-0.4, -0.2) is 34.8 Å². The van der Waals surface area contributed by atoms with Crippen LogP contribution in [0, 0.1) is 3.57 Å². The van der Waals surface area contributed by atoms with E-state index in [4.69, 9.17) is 26.2 Å². The van der Waals surface area contributed by atoms with Crippen LogP contribution in [0.5, 0.6) is 11.5 Å². The van der Waals surface area contributed by atoms with Crippen LogP contribution >= 0.6 is 34.2 Å². The topological polar surface area (TPSA) is 110 Å². The number of pyridine rings is 1. The van der Waals surface area contributed by atoms with Crippen LogP contribution in [0.4, 0.5) is 0 Å². The van der Waals surface area contributed by atoms with Gasteiger partial charge in [0.25, 0.3) is 5.91 Å². The normalized spacial score (nSPS) is 10.8. The highest BCUT2D eigenvalue weighted by molar-refractivity contribution is 14.1. The molecule has 0 bridgehead atoms. The van der Waals surface area contributed by atoms with E-state index < -0.39 is 11.9 Å². The van der Waals surface area contributed by atoms with Crippen molar-refractivity contribution >= 4 is 52.3 Å². The maximum atomic E-state index is 12.2. The molecule has 2 N–H and O–H groups in total. The third-order valence-electron chi connectivity index (χ3n) is 4.27. The van der Waals surface area contributed by atoms with Gasteiger partial charge in [0.05, 0.1) is 27.5 Å². The Labute approximate surface area is 208 Å². The second-order valence-corrected chi connectivity index (χ2v) is 8.12. The second kappa shape index (κ2) is 11.6. The SMILES string of the molecule is CCOc1cc(C=NNC(=O)c2cccnc2Cl)cc(I)c1OCc1cccc(C(=O)O)c1. The van der Waals surface area contributed by atoms with E-state index in [0.717, 1.165) is 9.13 Å². The van der Waals surface area contributed by atoms with Gasteiger partial charge in [0.2, 0.25) is 0 Å². The Hall–Kier alpha value is -3.18. The van der Waals surface area contributed by atoms with E-state index in [-0.39, 0.29) is 22.9 Å². The molecule has 10 heteroatoms. The zero-order valence-electron chi connectivity index (χ0n) is 17.4. The third kappa shape index (κ3) is 6.65. The maximum absolute atomic E-state index is 12.2. The van der Waals surface area contributed by atoms with E-state index in [0.29, 0.717) is 23.7 Å². The van der Waals surface area contributed by atoms with Gasteiger partial charge >= 0.3 is 5.97 Å². The first-order valence-electron chi connectivity index (χ1n) is 9.74. The van der Waals surface area contributed by atoms with Crippen molar-refractivity contribution in [2.75, 3.05) is 6.61 Å². The van der Waals surface area contributed by atoms with Crippen molar-refractivity contribution in [2.24, 2.45) is 5.10 Å². The molecule has 0 spiro atoms. The van der Waals surface area contributed by atoms with Gasteiger partial charge in [-0.3, -0.25) is 4.79 Å². The molecule has 170 valence electrons. The van der Waals surface area contributed by atoms with Gasteiger partial charge in [0, 0.05) is 6.20 Å². The Balaban J connectivity index is 1.74. The molecule has 2 aromatic carbocycles. The predicted octanol–water partition coefficient (Wildman–Crippen LogP) is 4.78. The standard InChI is InChI=1S/C23H19ClIN3O5/c1-2-32-19-11-15(12-27-28-22(29)17-7-4-8-26-21(17)24)10-18(25)20(19)33-13-14-5-3-6-16(9-14)23(30)31/h3-12H,2,13H2,1H3,(H,28,29)(H,30,31). The zero-order valence-corrected chi connectivity index (χ0v) is 20.3. The molecule has 1 aromatic heterocycles. The smallest absolute Gasteiger partial charge is 0.335 e. The Morgan fingerprint density at radius 2 is 2.03 bits per heavy atom. The molecule has 0 atom stereocenters. The fourth-order valence-corrected chi connectivity index (χ4v) is 3.78. The van der Waals surface area contributed by atoms with Gasteiger partial charge in [-0.1, -0.05) is 23.7 Å². The first-order chi connectivity index (χ1) is 15.9.